The molecule has 2 aliphatic heterocycles. The molecule has 1 saturated heterocycles. The Kier molecular flexibility index (Phi) is 3.62. The summed E-state index contributed by atoms with van der Waals surface area (Å²) in [6, 6.07) is 0. The van der Waals surface area contributed by atoms with Gasteiger partial charge in [-0.25, -0.2) is 4.90 Å². The average molecular weight is 323 g/mol. The highest BCUT2D eigenvalue weighted by Gasteiger charge is 2.71. The van der Waals surface area contributed by atoms with Crippen LogP contribution in [0.5, 0.6) is 0 Å². The van der Waals surface area contributed by atoms with Crippen LogP contribution in [0.4, 0.5) is 0 Å². The Hall–Kier alpha value is -1.18. The largest absolute Gasteiger partial charge is 0.622 e. The highest BCUT2D eigenvalue weighted by atomic mass is 16.5. The van der Waals surface area contributed by atoms with Crippen molar-refractivity contribution in [3.63, 3.8) is 0 Å². The summed E-state index contributed by atoms with van der Waals surface area (Å²) in [6.07, 6.45) is 5.42. The van der Waals surface area contributed by atoms with E-state index in [1.54, 1.807) is 0 Å². The lowest BCUT2D eigenvalue weighted by molar-refractivity contribution is -0.591. The molecule has 4 aliphatic rings. The minimum absolute atomic E-state index is 0.222. The van der Waals surface area contributed by atoms with Crippen molar-refractivity contribution in [2.24, 2.45) is 11.1 Å². The average Bonchev–Trinajstić information content (AvgIpc) is 2.82. The Morgan fingerprint density at radius 2 is 2.00 bits per heavy atom. The zero-order valence-corrected chi connectivity index (χ0v) is 13.4. The number of morpholine rings is 1. The van der Waals surface area contributed by atoms with E-state index in [0.29, 0.717) is 50.6 Å². The number of hydrogen-bond donors (Lipinski definition) is 2. The van der Waals surface area contributed by atoms with Gasteiger partial charge in [0.05, 0.1) is 24.8 Å². The van der Waals surface area contributed by atoms with Gasteiger partial charge in [0.2, 0.25) is 11.4 Å². The standard InChI is InChI=1S/C16H25N3O4/c20-16-12-4-1-2-7-15(12,18-8-10-23-11-9-18)19(22)14(16)6-3-5-13(16)17-21/h12,20-21H,1-11H2/b17-13-/t12-,15-,16+/m1/s1. The molecular formula is C16H25N3O4. The first-order chi connectivity index (χ1) is 11.2. The van der Waals surface area contributed by atoms with E-state index in [1.165, 1.54) is 0 Å². The number of nitrogens with zero attached hydrogens (tertiary/aromatic N) is 3. The summed E-state index contributed by atoms with van der Waals surface area (Å²) >= 11 is 0. The molecule has 3 fully saturated rings. The first-order valence-electron chi connectivity index (χ1n) is 8.76. The molecule has 2 saturated carbocycles. The molecule has 0 aromatic carbocycles. The van der Waals surface area contributed by atoms with Crippen LogP contribution in [0, 0.1) is 11.1 Å². The van der Waals surface area contributed by atoms with Crippen molar-refractivity contribution in [2.75, 3.05) is 26.3 Å². The van der Waals surface area contributed by atoms with Gasteiger partial charge in [0, 0.05) is 25.9 Å². The van der Waals surface area contributed by atoms with E-state index >= 15 is 0 Å². The quantitative estimate of drug-likeness (QED) is 0.324. The number of hydroxylamine groups is 1. The van der Waals surface area contributed by atoms with Crippen molar-refractivity contribution in [1.82, 2.24) is 4.90 Å². The van der Waals surface area contributed by atoms with Crippen LogP contribution >= 0.6 is 0 Å². The summed E-state index contributed by atoms with van der Waals surface area (Å²) in [6.45, 7) is 2.67. The van der Waals surface area contributed by atoms with Gasteiger partial charge in [-0.3, -0.25) is 0 Å². The number of rotatable bonds is 1. The van der Waals surface area contributed by atoms with Crippen LogP contribution in [0.25, 0.3) is 0 Å². The van der Waals surface area contributed by atoms with E-state index in [0.717, 1.165) is 36.8 Å². The van der Waals surface area contributed by atoms with Gasteiger partial charge in [-0.1, -0.05) is 11.6 Å². The summed E-state index contributed by atoms with van der Waals surface area (Å²) in [4.78, 5) is 2.21. The molecule has 0 amide bonds. The van der Waals surface area contributed by atoms with Crippen LogP contribution in [0.1, 0.15) is 44.9 Å². The molecule has 7 heteroatoms. The molecule has 0 unspecified atom stereocenters. The maximum Gasteiger partial charge on any atom is 0.235 e. The van der Waals surface area contributed by atoms with Crippen LogP contribution in [0.2, 0.25) is 0 Å². The fourth-order valence-corrected chi connectivity index (χ4v) is 5.37. The lowest BCUT2D eigenvalue weighted by Gasteiger charge is -2.47. The molecule has 0 bridgehead atoms. The van der Waals surface area contributed by atoms with Crippen LogP contribution in [-0.4, -0.2) is 68.9 Å². The second-order valence-electron chi connectivity index (χ2n) is 7.18. The molecule has 23 heavy (non-hydrogen) atoms. The molecule has 7 nitrogen and oxygen atoms in total. The van der Waals surface area contributed by atoms with Crippen molar-refractivity contribution in [2.45, 2.75) is 56.2 Å². The van der Waals surface area contributed by atoms with Crippen LogP contribution in [0.3, 0.4) is 0 Å². The normalized spacial score (nSPS) is 43.5. The SMILES string of the molecule is [O-][N+]1=C2CCC/C(=N/O)[C@@]2(O)[C@@H]2CCCC[C@]21N1CCOCC1. The molecule has 0 radical (unpaired) electrons. The van der Waals surface area contributed by atoms with E-state index in [9.17, 15) is 15.5 Å². The highest BCUT2D eigenvalue weighted by Crippen LogP contribution is 2.52. The zero-order chi connectivity index (χ0) is 16.1. The number of hydrogen-bond acceptors (Lipinski definition) is 6. The summed E-state index contributed by atoms with van der Waals surface area (Å²) in [5.74, 6) is -0.222. The minimum Gasteiger partial charge on any atom is -0.622 e. The molecule has 128 valence electrons. The van der Waals surface area contributed by atoms with Gasteiger partial charge < -0.3 is 20.3 Å². The van der Waals surface area contributed by atoms with E-state index in [1.807, 2.05) is 0 Å². The first-order valence-corrected chi connectivity index (χ1v) is 8.76. The number of fused-ring (bicyclic) bond motifs is 3. The minimum atomic E-state index is -1.37. The second-order valence-corrected chi connectivity index (χ2v) is 7.18. The Morgan fingerprint density at radius 1 is 1.22 bits per heavy atom. The van der Waals surface area contributed by atoms with Crippen LogP contribution in [-0.2, 0) is 4.74 Å². The summed E-state index contributed by atoms with van der Waals surface area (Å²) < 4.78 is 6.57. The first kappa shape index (κ1) is 15.4. The van der Waals surface area contributed by atoms with Crippen molar-refractivity contribution in [3.8, 4) is 0 Å². The summed E-state index contributed by atoms with van der Waals surface area (Å²) in [5.41, 5.74) is -1.18. The topological polar surface area (TPSA) is 91.4 Å². The van der Waals surface area contributed by atoms with E-state index in [2.05, 4.69) is 10.1 Å². The van der Waals surface area contributed by atoms with E-state index in [-0.39, 0.29) is 5.92 Å². The predicted molar refractivity (Wildman–Crippen MR) is 83.7 cm³/mol. The van der Waals surface area contributed by atoms with Crippen molar-refractivity contribution >= 4 is 11.4 Å². The maximum atomic E-state index is 13.4. The van der Waals surface area contributed by atoms with Crippen molar-refractivity contribution in [3.05, 3.63) is 5.21 Å². The van der Waals surface area contributed by atoms with Crippen LogP contribution in [0.15, 0.2) is 5.16 Å². The van der Waals surface area contributed by atoms with E-state index in [4.69, 9.17) is 4.74 Å². The number of aliphatic hydroxyl groups is 1. The fourth-order valence-electron chi connectivity index (χ4n) is 5.37. The van der Waals surface area contributed by atoms with Gasteiger partial charge in [0.15, 0.2) is 5.60 Å². The van der Waals surface area contributed by atoms with Gasteiger partial charge in [-0.15, -0.1) is 0 Å². The Balaban J connectivity index is 1.85. The monoisotopic (exact) mass is 323 g/mol. The molecule has 2 heterocycles. The Bertz CT molecular complexity index is 558. The Labute approximate surface area is 135 Å². The zero-order valence-electron chi connectivity index (χ0n) is 13.4. The fraction of sp³-hybridized carbons (Fsp3) is 0.875. The molecule has 2 aliphatic carbocycles. The van der Waals surface area contributed by atoms with Crippen LogP contribution < -0.4 is 0 Å². The third-order valence-corrected chi connectivity index (χ3v) is 6.33. The molecule has 0 aromatic heterocycles. The van der Waals surface area contributed by atoms with Gasteiger partial charge >= 0.3 is 0 Å². The molecular weight excluding hydrogens is 298 g/mol. The van der Waals surface area contributed by atoms with Gasteiger partial charge in [-0.2, -0.15) is 4.74 Å². The lowest BCUT2D eigenvalue weighted by Crippen LogP contribution is -2.65. The number of ether oxygens (including phenoxy) is 1. The predicted octanol–water partition coefficient (Wildman–Crippen LogP) is 0.915. The van der Waals surface area contributed by atoms with Gasteiger partial charge in [0.1, 0.15) is 0 Å². The third-order valence-electron chi connectivity index (χ3n) is 6.33. The summed E-state index contributed by atoms with van der Waals surface area (Å²) in [7, 11) is 0. The second kappa shape index (κ2) is 5.43. The van der Waals surface area contributed by atoms with Gasteiger partial charge in [0.25, 0.3) is 0 Å². The molecule has 4 rings (SSSR count). The van der Waals surface area contributed by atoms with Crippen molar-refractivity contribution < 1.29 is 19.8 Å². The van der Waals surface area contributed by atoms with Crippen molar-refractivity contribution in [1.29, 1.82) is 0 Å². The summed E-state index contributed by atoms with van der Waals surface area (Å²) in [5, 5.41) is 37.7. The molecule has 2 N–H and O–H groups in total. The highest BCUT2D eigenvalue weighted by molar-refractivity contribution is 6.15. The lowest BCUT2D eigenvalue weighted by atomic mass is 9.65. The smallest absolute Gasteiger partial charge is 0.235 e. The Morgan fingerprint density at radius 3 is 2.74 bits per heavy atom. The van der Waals surface area contributed by atoms with Gasteiger partial charge in [-0.05, 0) is 25.7 Å². The molecule has 3 atom stereocenters. The molecule has 0 spiro atoms. The third kappa shape index (κ3) is 1.87. The van der Waals surface area contributed by atoms with E-state index < -0.39 is 11.3 Å². The number of oxime groups is 1. The maximum absolute atomic E-state index is 13.4. The molecule has 0 aromatic rings.